The first-order valence-electron chi connectivity index (χ1n) is 6.47. The number of likely N-dealkylation sites (tertiary alicyclic amines) is 1. The molecule has 88 valence electrons. The molecule has 0 saturated carbocycles. The highest BCUT2D eigenvalue weighted by Gasteiger charge is 2.23. The van der Waals surface area contributed by atoms with E-state index in [1.54, 1.807) is 0 Å². The van der Waals surface area contributed by atoms with E-state index in [9.17, 15) is 0 Å². The Kier molecular flexibility index (Phi) is 3.94. The molecule has 0 radical (unpaired) electrons. The highest BCUT2D eigenvalue weighted by Crippen LogP contribution is 2.30. The van der Waals surface area contributed by atoms with Crippen molar-refractivity contribution in [3.05, 3.63) is 29.6 Å². The highest BCUT2D eigenvalue weighted by atomic mass is 15.2. The average molecular weight is 218 g/mol. The Bertz CT molecular complexity index is 333. The zero-order valence-corrected chi connectivity index (χ0v) is 10.4. The highest BCUT2D eigenvalue weighted by molar-refractivity contribution is 5.20. The lowest BCUT2D eigenvalue weighted by Crippen LogP contribution is -2.34. The minimum Gasteiger partial charge on any atom is -0.296 e. The molecular weight excluding hydrogens is 196 g/mol. The molecule has 0 aromatic carbocycles. The van der Waals surface area contributed by atoms with Gasteiger partial charge in [-0.25, -0.2) is 0 Å². The summed E-state index contributed by atoms with van der Waals surface area (Å²) in [6, 6.07) is 2.91. The predicted molar refractivity (Wildman–Crippen MR) is 67.4 cm³/mol. The summed E-state index contributed by atoms with van der Waals surface area (Å²) in [7, 11) is 0. The van der Waals surface area contributed by atoms with Gasteiger partial charge in [0.25, 0.3) is 0 Å². The first-order valence-corrected chi connectivity index (χ1v) is 6.47. The van der Waals surface area contributed by atoms with Gasteiger partial charge in [-0.3, -0.25) is 9.88 Å². The fourth-order valence-electron chi connectivity index (χ4n) is 2.68. The Hall–Kier alpha value is -0.890. The third-order valence-electron chi connectivity index (χ3n) is 3.41. The molecule has 1 aliphatic rings. The molecule has 16 heavy (non-hydrogen) atoms. The molecule has 1 aromatic rings. The van der Waals surface area contributed by atoms with E-state index in [2.05, 4.69) is 29.8 Å². The molecule has 0 aliphatic carbocycles. The lowest BCUT2D eigenvalue weighted by atomic mass is 9.95. The fourth-order valence-corrected chi connectivity index (χ4v) is 2.68. The fraction of sp³-hybridized carbons (Fsp3) is 0.643. The van der Waals surface area contributed by atoms with E-state index in [1.165, 1.54) is 49.9 Å². The summed E-state index contributed by atoms with van der Waals surface area (Å²) in [5.41, 5.74) is 2.69. The third-order valence-corrected chi connectivity index (χ3v) is 3.41. The van der Waals surface area contributed by atoms with Gasteiger partial charge in [0, 0.05) is 18.4 Å². The van der Waals surface area contributed by atoms with Crippen LogP contribution in [0.15, 0.2) is 18.5 Å². The van der Waals surface area contributed by atoms with Crippen molar-refractivity contribution < 1.29 is 0 Å². The van der Waals surface area contributed by atoms with Crippen LogP contribution in [0.1, 0.15) is 49.8 Å². The number of aromatic nitrogens is 1. The molecule has 2 heteroatoms. The van der Waals surface area contributed by atoms with Crippen LogP contribution >= 0.6 is 0 Å². The molecular formula is C14H22N2. The van der Waals surface area contributed by atoms with E-state index in [0.29, 0.717) is 6.04 Å². The van der Waals surface area contributed by atoms with E-state index in [4.69, 9.17) is 0 Å². The van der Waals surface area contributed by atoms with Crippen molar-refractivity contribution in [2.45, 2.75) is 45.6 Å². The minimum absolute atomic E-state index is 0.612. The maximum atomic E-state index is 4.33. The summed E-state index contributed by atoms with van der Waals surface area (Å²) < 4.78 is 0. The van der Waals surface area contributed by atoms with Crippen molar-refractivity contribution in [3.63, 3.8) is 0 Å². The Morgan fingerprint density at radius 1 is 1.38 bits per heavy atom. The van der Waals surface area contributed by atoms with Gasteiger partial charge in [-0.1, -0.05) is 19.4 Å². The molecule has 0 amide bonds. The summed E-state index contributed by atoms with van der Waals surface area (Å²) in [4.78, 5) is 6.95. The second-order valence-corrected chi connectivity index (χ2v) is 4.84. The van der Waals surface area contributed by atoms with Crippen LogP contribution < -0.4 is 0 Å². The van der Waals surface area contributed by atoms with E-state index < -0.39 is 0 Å². The lowest BCUT2D eigenvalue weighted by molar-refractivity contribution is 0.149. The zero-order chi connectivity index (χ0) is 11.4. The minimum atomic E-state index is 0.612. The number of pyridine rings is 1. The second-order valence-electron chi connectivity index (χ2n) is 4.84. The maximum Gasteiger partial charge on any atom is 0.0363 e. The molecule has 1 fully saturated rings. The molecule has 0 unspecified atom stereocenters. The largest absolute Gasteiger partial charge is 0.296 e. The molecule has 0 bridgehead atoms. The topological polar surface area (TPSA) is 16.1 Å². The number of hydrogen-bond donors (Lipinski definition) is 0. The molecule has 1 saturated heterocycles. The zero-order valence-electron chi connectivity index (χ0n) is 10.4. The molecule has 1 atom stereocenters. The van der Waals surface area contributed by atoms with E-state index in [-0.39, 0.29) is 0 Å². The van der Waals surface area contributed by atoms with Crippen molar-refractivity contribution in [1.82, 2.24) is 9.88 Å². The van der Waals surface area contributed by atoms with E-state index in [0.717, 1.165) is 0 Å². The van der Waals surface area contributed by atoms with Gasteiger partial charge in [0.05, 0.1) is 0 Å². The molecule has 2 nitrogen and oxygen atoms in total. The Balaban J connectivity index is 2.16. The number of hydrogen-bond acceptors (Lipinski definition) is 2. The van der Waals surface area contributed by atoms with Gasteiger partial charge >= 0.3 is 0 Å². The second kappa shape index (κ2) is 5.44. The van der Waals surface area contributed by atoms with Gasteiger partial charge in [-0.2, -0.15) is 0 Å². The van der Waals surface area contributed by atoms with E-state index >= 15 is 0 Å². The lowest BCUT2D eigenvalue weighted by Gasteiger charge is -2.35. The van der Waals surface area contributed by atoms with Crippen LogP contribution in [0.2, 0.25) is 0 Å². The van der Waals surface area contributed by atoms with Crippen molar-refractivity contribution in [1.29, 1.82) is 0 Å². The van der Waals surface area contributed by atoms with Crippen LogP contribution in [0.3, 0.4) is 0 Å². The average Bonchev–Trinajstić information content (AvgIpc) is 2.30. The number of rotatable bonds is 3. The normalized spacial score (nSPS) is 22.2. The van der Waals surface area contributed by atoms with Gasteiger partial charge in [-0.05, 0) is 50.4 Å². The smallest absolute Gasteiger partial charge is 0.0363 e. The van der Waals surface area contributed by atoms with Crippen molar-refractivity contribution >= 4 is 0 Å². The van der Waals surface area contributed by atoms with E-state index in [1.807, 2.05) is 12.4 Å². The van der Waals surface area contributed by atoms with Gasteiger partial charge in [0.15, 0.2) is 0 Å². The number of piperidine rings is 1. The van der Waals surface area contributed by atoms with Crippen LogP contribution in [-0.4, -0.2) is 23.0 Å². The maximum absolute atomic E-state index is 4.33. The van der Waals surface area contributed by atoms with Gasteiger partial charge < -0.3 is 0 Å². The Morgan fingerprint density at radius 2 is 2.25 bits per heavy atom. The van der Waals surface area contributed by atoms with Gasteiger partial charge in [0.1, 0.15) is 0 Å². The van der Waals surface area contributed by atoms with Crippen LogP contribution in [0.5, 0.6) is 0 Å². The summed E-state index contributed by atoms with van der Waals surface area (Å²) in [5.74, 6) is 0. The first kappa shape index (κ1) is 11.6. The molecule has 2 heterocycles. The predicted octanol–water partition coefficient (Wildman–Crippen LogP) is 3.33. The molecule has 0 spiro atoms. The standard InChI is InChI=1S/C14H22N2/c1-3-7-16-8-5-4-6-14(16)13-9-12(2)10-15-11-13/h9-11,14H,3-8H2,1-2H3/t14-/m1/s1. The van der Waals surface area contributed by atoms with Crippen LogP contribution in [0.25, 0.3) is 0 Å². The third kappa shape index (κ3) is 2.62. The van der Waals surface area contributed by atoms with Crippen LogP contribution in [0, 0.1) is 6.92 Å². The van der Waals surface area contributed by atoms with Crippen molar-refractivity contribution in [2.75, 3.05) is 13.1 Å². The summed E-state index contributed by atoms with van der Waals surface area (Å²) >= 11 is 0. The van der Waals surface area contributed by atoms with Crippen LogP contribution in [-0.2, 0) is 0 Å². The molecule has 1 aliphatic heterocycles. The molecule has 2 rings (SSSR count). The van der Waals surface area contributed by atoms with Crippen LogP contribution in [0.4, 0.5) is 0 Å². The summed E-state index contributed by atoms with van der Waals surface area (Å²) in [6.45, 7) is 6.87. The van der Waals surface area contributed by atoms with Crippen molar-refractivity contribution in [2.24, 2.45) is 0 Å². The Labute approximate surface area is 98.7 Å². The van der Waals surface area contributed by atoms with Gasteiger partial charge in [0.2, 0.25) is 0 Å². The monoisotopic (exact) mass is 218 g/mol. The van der Waals surface area contributed by atoms with Gasteiger partial charge in [-0.15, -0.1) is 0 Å². The van der Waals surface area contributed by atoms with Crippen molar-refractivity contribution in [3.8, 4) is 0 Å². The summed E-state index contributed by atoms with van der Waals surface area (Å²) in [6.07, 6.45) is 9.25. The molecule has 0 N–H and O–H groups in total. The summed E-state index contributed by atoms with van der Waals surface area (Å²) in [5, 5.41) is 0. The number of nitrogens with zero attached hydrogens (tertiary/aromatic N) is 2. The first-order chi connectivity index (χ1) is 7.81. The SMILES string of the molecule is CCCN1CCCC[C@@H]1c1cncc(C)c1. The number of aryl methyl sites for hydroxylation is 1. The Morgan fingerprint density at radius 3 is 3.00 bits per heavy atom. The molecule has 1 aromatic heterocycles. The quantitative estimate of drug-likeness (QED) is 0.773.